The molecule has 0 unspecified atom stereocenters. The van der Waals surface area contributed by atoms with Crippen molar-refractivity contribution in [1.82, 2.24) is 14.5 Å². The van der Waals surface area contributed by atoms with Crippen LogP contribution in [0.3, 0.4) is 0 Å². The van der Waals surface area contributed by atoms with Crippen molar-refractivity contribution < 1.29 is 0 Å². The summed E-state index contributed by atoms with van der Waals surface area (Å²) in [4.78, 5) is 10.4. The standard InChI is InChI=1S/C49H35N3/c1-49(2)42-22-11-9-20-38(42)39-26-24-37(30-43(39)49)35-19-13-18-34(28-35)36-25-27-47-41(29-36)40-21-10-12-23-46(40)52(47)48-50-44(32-14-5-3-6-15-32)31-45(51-48)33-16-7-4-8-17-33/h3-31H,1-2H3. The number of nitrogens with zero attached hydrogens (tertiary/aromatic N) is 3. The predicted molar refractivity (Wildman–Crippen MR) is 216 cm³/mol. The third kappa shape index (κ3) is 4.81. The molecular weight excluding hydrogens is 631 g/mol. The van der Waals surface area contributed by atoms with Gasteiger partial charge in [0.1, 0.15) is 0 Å². The molecule has 0 N–H and O–H groups in total. The minimum atomic E-state index is -0.0367. The van der Waals surface area contributed by atoms with E-state index in [2.05, 4.69) is 182 Å². The summed E-state index contributed by atoms with van der Waals surface area (Å²) in [6, 6.07) is 63.0. The van der Waals surface area contributed by atoms with E-state index >= 15 is 0 Å². The molecule has 9 aromatic rings. The van der Waals surface area contributed by atoms with Crippen LogP contribution in [0.1, 0.15) is 25.0 Å². The molecule has 0 amide bonds. The van der Waals surface area contributed by atoms with Gasteiger partial charge in [-0.05, 0) is 80.9 Å². The molecule has 0 atom stereocenters. The maximum absolute atomic E-state index is 5.20. The number of aromatic nitrogens is 3. The molecule has 3 nitrogen and oxygen atoms in total. The van der Waals surface area contributed by atoms with E-state index in [1.54, 1.807) is 0 Å². The van der Waals surface area contributed by atoms with Gasteiger partial charge in [0.05, 0.1) is 22.4 Å². The first-order valence-corrected chi connectivity index (χ1v) is 17.9. The summed E-state index contributed by atoms with van der Waals surface area (Å²) in [7, 11) is 0. The molecule has 0 spiro atoms. The van der Waals surface area contributed by atoms with Crippen LogP contribution in [0.5, 0.6) is 0 Å². The van der Waals surface area contributed by atoms with E-state index in [1.165, 1.54) is 55.3 Å². The highest BCUT2D eigenvalue weighted by Crippen LogP contribution is 2.49. The fraction of sp³-hybridized carbons (Fsp3) is 0.0612. The van der Waals surface area contributed by atoms with Crippen molar-refractivity contribution in [2.24, 2.45) is 0 Å². The highest BCUT2D eigenvalue weighted by molar-refractivity contribution is 6.10. The van der Waals surface area contributed by atoms with Crippen LogP contribution < -0.4 is 0 Å². The van der Waals surface area contributed by atoms with Crippen LogP contribution in [-0.4, -0.2) is 14.5 Å². The van der Waals surface area contributed by atoms with Crippen molar-refractivity contribution in [2.75, 3.05) is 0 Å². The molecule has 2 heterocycles. The summed E-state index contributed by atoms with van der Waals surface area (Å²) >= 11 is 0. The molecule has 3 heteroatoms. The Morgan fingerprint density at radius 1 is 0.385 bits per heavy atom. The molecule has 246 valence electrons. The second kappa shape index (κ2) is 11.8. The van der Waals surface area contributed by atoms with E-state index < -0.39 is 0 Å². The van der Waals surface area contributed by atoms with Gasteiger partial charge in [-0.25, -0.2) is 9.97 Å². The zero-order valence-electron chi connectivity index (χ0n) is 29.1. The maximum Gasteiger partial charge on any atom is 0.235 e. The monoisotopic (exact) mass is 665 g/mol. The van der Waals surface area contributed by atoms with E-state index in [0.717, 1.165) is 33.5 Å². The first kappa shape index (κ1) is 30.3. The Hall–Kier alpha value is -6.58. The van der Waals surface area contributed by atoms with E-state index in [4.69, 9.17) is 9.97 Å². The molecular formula is C49H35N3. The number of hydrogen-bond acceptors (Lipinski definition) is 2. The highest BCUT2D eigenvalue weighted by atomic mass is 15.2. The Bertz CT molecular complexity index is 2750. The van der Waals surface area contributed by atoms with E-state index in [9.17, 15) is 0 Å². The summed E-state index contributed by atoms with van der Waals surface area (Å²) in [5.41, 5.74) is 16.3. The van der Waals surface area contributed by atoms with Crippen LogP contribution in [0.4, 0.5) is 0 Å². The normalized spacial score (nSPS) is 13.0. The fourth-order valence-electron chi connectivity index (χ4n) is 8.18. The van der Waals surface area contributed by atoms with Gasteiger partial charge in [-0.1, -0.05) is 153 Å². The molecule has 0 aliphatic heterocycles. The fourth-order valence-corrected chi connectivity index (χ4v) is 8.18. The third-order valence-electron chi connectivity index (χ3n) is 10.8. The van der Waals surface area contributed by atoms with Gasteiger partial charge >= 0.3 is 0 Å². The van der Waals surface area contributed by atoms with Crippen LogP contribution in [0.25, 0.3) is 83.6 Å². The molecule has 1 aliphatic carbocycles. The van der Waals surface area contributed by atoms with Crippen LogP contribution in [0.2, 0.25) is 0 Å². The van der Waals surface area contributed by atoms with Crippen molar-refractivity contribution in [3.05, 3.63) is 187 Å². The molecule has 52 heavy (non-hydrogen) atoms. The molecule has 0 radical (unpaired) electrons. The molecule has 0 saturated heterocycles. The van der Waals surface area contributed by atoms with Gasteiger partial charge in [0.2, 0.25) is 5.95 Å². The lowest BCUT2D eigenvalue weighted by Gasteiger charge is -2.22. The Morgan fingerprint density at radius 3 is 1.65 bits per heavy atom. The van der Waals surface area contributed by atoms with Crippen molar-refractivity contribution in [2.45, 2.75) is 19.3 Å². The molecule has 2 aromatic heterocycles. The quantitative estimate of drug-likeness (QED) is 0.183. The van der Waals surface area contributed by atoms with Gasteiger partial charge in [-0.3, -0.25) is 4.57 Å². The van der Waals surface area contributed by atoms with Gasteiger partial charge in [-0.15, -0.1) is 0 Å². The van der Waals surface area contributed by atoms with E-state index in [0.29, 0.717) is 5.95 Å². The number of fused-ring (bicyclic) bond motifs is 6. The first-order valence-electron chi connectivity index (χ1n) is 17.9. The topological polar surface area (TPSA) is 30.7 Å². The number of rotatable bonds is 5. The summed E-state index contributed by atoms with van der Waals surface area (Å²) in [6.45, 7) is 4.68. The van der Waals surface area contributed by atoms with Crippen molar-refractivity contribution >= 4 is 21.8 Å². The smallest absolute Gasteiger partial charge is 0.235 e. The first-order chi connectivity index (χ1) is 25.5. The molecule has 0 saturated carbocycles. The van der Waals surface area contributed by atoms with Gasteiger partial charge in [0.25, 0.3) is 0 Å². The summed E-state index contributed by atoms with van der Waals surface area (Å²) in [5.74, 6) is 0.655. The van der Waals surface area contributed by atoms with E-state index in [1.807, 2.05) is 12.1 Å². The molecule has 1 aliphatic rings. The van der Waals surface area contributed by atoms with Crippen molar-refractivity contribution in [3.8, 4) is 61.8 Å². The Balaban J connectivity index is 1.10. The lowest BCUT2D eigenvalue weighted by atomic mass is 9.81. The zero-order chi connectivity index (χ0) is 34.8. The van der Waals surface area contributed by atoms with Crippen LogP contribution in [0, 0.1) is 0 Å². The van der Waals surface area contributed by atoms with Crippen molar-refractivity contribution in [1.29, 1.82) is 0 Å². The third-order valence-corrected chi connectivity index (χ3v) is 10.8. The molecule has 10 rings (SSSR count). The highest BCUT2D eigenvalue weighted by Gasteiger charge is 2.35. The lowest BCUT2D eigenvalue weighted by molar-refractivity contribution is 0.660. The summed E-state index contributed by atoms with van der Waals surface area (Å²) < 4.78 is 2.22. The largest absolute Gasteiger partial charge is 0.278 e. The predicted octanol–water partition coefficient (Wildman–Crippen LogP) is 12.5. The number of hydrogen-bond donors (Lipinski definition) is 0. The maximum atomic E-state index is 5.20. The number of para-hydroxylation sites is 1. The SMILES string of the molecule is CC1(C)c2ccccc2-c2ccc(-c3cccc(-c4ccc5c(c4)c4ccccc4n5-c4nc(-c5ccccc5)cc(-c5ccccc5)n4)c3)cc21. The minimum absolute atomic E-state index is 0.0367. The average Bonchev–Trinajstić information content (AvgIpc) is 3.66. The lowest BCUT2D eigenvalue weighted by Crippen LogP contribution is -2.14. The average molecular weight is 666 g/mol. The molecule has 0 bridgehead atoms. The van der Waals surface area contributed by atoms with Crippen LogP contribution in [-0.2, 0) is 5.41 Å². The number of benzene rings is 7. The molecule has 7 aromatic carbocycles. The van der Waals surface area contributed by atoms with Gasteiger partial charge < -0.3 is 0 Å². The van der Waals surface area contributed by atoms with Crippen LogP contribution in [0.15, 0.2) is 176 Å². The molecule has 0 fully saturated rings. The Morgan fingerprint density at radius 2 is 0.923 bits per heavy atom. The minimum Gasteiger partial charge on any atom is -0.278 e. The Kier molecular flexibility index (Phi) is 6.84. The summed E-state index contributed by atoms with van der Waals surface area (Å²) in [5, 5.41) is 2.34. The van der Waals surface area contributed by atoms with Gasteiger partial charge in [0.15, 0.2) is 0 Å². The Labute approximate surface area is 303 Å². The second-order valence-corrected chi connectivity index (χ2v) is 14.3. The van der Waals surface area contributed by atoms with Gasteiger partial charge in [-0.2, -0.15) is 0 Å². The van der Waals surface area contributed by atoms with Crippen LogP contribution >= 0.6 is 0 Å². The summed E-state index contributed by atoms with van der Waals surface area (Å²) in [6.07, 6.45) is 0. The zero-order valence-corrected chi connectivity index (χ0v) is 29.1. The second-order valence-electron chi connectivity index (χ2n) is 14.3. The van der Waals surface area contributed by atoms with Crippen molar-refractivity contribution in [3.63, 3.8) is 0 Å². The van der Waals surface area contributed by atoms with Gasteiger partial charge in [0, 0.05) is 27.3 Å². The van der Waals surface area contributed by atoms with E-state index in [-0.39, 0.29) is 5.41 Å².